The molecule has 0 radical (unpaired) electrons. The number of aryl methyl sites for hydroxylation is 1. The largest absolute Gasteiger partial charge is 0.432 e. The molecule has 1 heterocycles. The zero-order valence-corrected chi connectivity index (χ0v) is 17.4. The number of alkyl halides is 3. The van der Waals surface area contributed by atoms with Crippen LogP contribution >= 0.6 is 11.6 Å². The Morgan fingerprint density at radius 3 is 2.53 bits per heavy atom. The van der Waals surface area contributed by atoms with Gasteiger partial charge in [-0.3, -0.25) is 15.0 Å². The number of aromatic nitrogens is 1. The Kier molecular flexibility index (Phi) is 7.56. The summed E-state index contributed by atoms with van der Waals surface area (Å²) in [5, 5.41) is 23.5. The van der Waals surface area contributed by atoms with E-state index in [9.17, 15) is 22.8 Å². The van der Waals surface area contributed by atoms with Crippen LogP contribution < -0.4 is 16.0 Å². The summed E-state index contributed by atoms with van der Waals surface area (Å²) in [6.07, 6.45) is -3.44. The summed E-state index contributed by atoms with van der Waals surface area (Å²) in [5.74, 6) is -1.85. The summed E-state index contributed by atoms with van der Waals surface area (Å²) in [4.78, 5) is 29.0. The maximum Gasteiger partial charge on any atom is 0.432 e. The first-order valence-electron chi connectivity index (χ1n) is 8.81. The molecule has 2 aromatic rings. The van der Waals surface area contributed by atoms with Crippen LogP contribution in [-0.4, -0.2) is 35.7 Å². The van der Waals surface area contributed by atoms with Gasteiger partial charge in [-0.2, -0.15) is 18.4 Å². The summed E-state index contributed by atoms with van der Waals surface area (Å²) < 4.78 is 38.8. The van der Waals surface area contributed by atoms with E-state index in [0.717, 1.165) is 0 Å². The maximum atomic E-state index is 12.9. The molecule has 8 nitrogen and oxygen atoms in total. The highest BCUT2D eigenvalue weighted by Gasteiger charge is 2.34. The van der Waals surface area contributed by atoms with Gasteiger partial charge in [0.2, 0.25) is 0 Å². The molecule has 166 valence electrons. The van der Waals surface area contributed by atoms with Crippen LogP contribution in [0, 0.1) is 23.7 Å². The van der Waals surface area contributed by atoms with E-state index in [-0.39, 0.29) is 33.7 Å². The average molecular weight is 465 g/mol. The normalized spacial score (nSPS) is 11.3. The van der Waals surface area contributed by atoms with E-state index in [0.29, 0.717) is 5.56 Å². The van der Waals surface area contributed by atoms with E-state index < -0.39 is 29.4 Å². The SMILES string of the molecule is CNC(=O)c1cc(C#N)cc(C)c1NC(=O)/C(=C/C(=N)C(F)(F)F)Nc1ncccc1Cl. The highest BCUT2D eigenvalue weighted by molar-refractivity contribution is 6.33. The second-order valence-electron chi connectivity index (χ2n) is 6.29. The summed E-state index contributed by atoms with van der Waals surface area (Å²) in [7, 11) is 1.34. The number of rotatable bonds is 6. The van der Waals surface area contributed by atoms with Crippen molar-refractivity contribution in [2.24, 2.45) is 0 Å². The average Bonchev–Trinajstić information content (AvgIpc) is 2.74. The van der Waals surface area contributed by atoms with Crippen LogP contribution in [0.2, 0.25) is 5.02 Å². The van der Waals surface area contributed by atoms with E-state index >= 15 is 0 Å². The predicted molar refractivity (Wildman–Crippen MR) is 113 cm³/mol. The van der Waals surface area contributed by atoms with Crippen molar-refractivity contribution in [3.05, 3.63) is 63.9 Å². The van der Waals surface area contributed by atoms with E-state index in [4.69, 9.17) is 22.3 Å². The summed E-state index contributed by atoms with van der Waals surface area (Å²) in [5.41, 5.74) is -2.13. The van der Waals surface area contributed by atoms with Crippen molar-refractivity contribution >= 4 is 40.6 Å². The molecule has 0 unspecified atom stereocenters. The molecule has 0 spiro atoms. The van der Waals surface area contributed by atoms with Crippen LogP contribution in [0.1, 0.15) is 21.5 Å². The zero-order chi connectivity index (χ0) is 24.1. The number of anilines is 2. The van der Waals surface area contributed by atoms with E-state index in [1.54, 1.807) is 0 Å². The number of nitriles is 1. The number of halogens is 4. The molecule has 4 N–H and O–H groups in total. The second-order valence-corrected chi connectivity index (χ2v) is 6.70. The van der Waals surface area contributed by atoms with Gasteiger partial charge in [-0.05, 0) is 42.8 Å². The lowest BCUT2D eigenvalue weighted by Crippen LogP contribution is -2.27. The van der Waals surface area contributed by atoms with Crippen molar-refractivity contribution in [2.45, 2.75) is 13.1 Å². The van der Waals surface area contributed by atoms with Gasteiger partial charge in [0.25, 0.3) is 11.8 Å². The van der Waals surface area contributed by atoms with Gasteiger partial charge >= 0.3 is 6.18 Å². The first-order chi connectivity index (χ1) is 15.0. The number of hydrogen-bond donors (Lipinski definition) is 4. The summed E-state index contributed by atoms with van der Waals surface area (Å²) >= 11 is 5.96. The van der Waals surface area contributed by atoms with Crippen molar-refractivity contribution in [3.63, 3.8) is 0 Å². The van der Waals surface area contributed by atoms with Gasteiger partial charge < -0.3 is 16.0 Å². The van der Waals surface area contributed by atoms with E-state index in [1.165, 1.54) is 44.4 Å². The van der Waals surface area contributed by atoms with Crippen molar-refractivity contribution in [2.75, 3.05) is 17.7 Å². The molecule has 0 saturated carbocycles. The number of pyridine rings is 1. The minimum absolute atomic E-state index is 0.0188. The standard InChI is InChI=1S/C20H16ClF3N6O2/c1-10-6-11(9-25)7-12(18(31)27-2)16(10)30-19(32)14(8-15(26)20(22,23)24)29-17-13(21)4-3-5-28-17/h3-8,26H,1-2H3,(H,27,31)(H,28,29)(H,30,32)/b14-8-,26-15?. The molecule has 0 bridgehead atoms. The number of amides is 2. The van der Waals surface area contributed by atoms with Crippen LogP contribution in [0.15, 0.2) is 42.2 Å². The van der Waals surface area contributed by atoms with Crippen molar-refractivity contribution < 1.29 is 22.8 Å². The molecule has 2 rings (SSSR count). The number of carbonyl (C=O) groups is 2. The molecule has 1 aromatic heterocycles. The van der Waals surface area contributed by atoms with Gasteiger partial charge in [-0.15, -0.1) is 0 Å². The topological polar surface area (TPSA) is 131 Å². The number of nitrogens with zero attached hydrogens (tertiary/aromatic N) is 2. The first-order valence-corrected chi connectivity index (χ1v) is 9.18. The summed E-state index contributed by atoms with van der Waals surface area (Å²) in [6.45, 7) is 1.51. The Balaban J connectivity index is 2.53. The van der Waals surface area contributed by atoms with Gasteiger partial charge in [0.15, 0.2) is 0 Å². The second kappa shape index (κ2) is 9.93. The van der Waals surface area contributed by atoms with Gasteiger partial charge in [0, 0.05) is 13.2 Å². The number of nitrogens with one attached hydrogen (secondary N) is 4. The molecule has 0 atom stereocenters. The Bertz CT molecular complexity index is 1150. The van der Waals surface area contributed by atoms with Crippen LogP contribution in [0.5, 0.6) is 0 Å². The third-order valence-electron chi connectivity index (χ3n) is 4.03. The number of benzene rings is 1. The highest BCUT2D eigenvalue weighted by atomic mass is 35.5. The molecule has 0 aliphatic carbocycles. The molecule has 0 fully saturated rings. The van der Waals surface area contributed by atoms with Gasteiger partial charge in [-0.25, -0.2) is 4.98 Å². The molecular formula is C20H16ClF3N6O2. The molecule has 0 aliphatic rings. The van der Waals surface area contributed by atoms with Crippen LogP contribution in [-0.2, 0) is 4.79 Å². The smallest absolute Gasteiger partial charge is 0.355 e. The molecule has 0 saturated heterocycles. The van der Waals surface area contributed by atoms with Crippen LogP contribution in [0.3, 0.4) is 0 Å². The maximum absolute atomic E-state index is 12.9. The van der Waals surface area contributed by atoms with Crippen LogP contribution in [0.25, 0.3) is 0 Å². The van der Waals surface area contributed by atoms with Gasteiger partial charge in [0.05, 0.1) is 27.9 Å². The number of allylic oxidation sites excluding steroid dienone is 1. The highest BCUT2D eigenvalue weighted by Crippen LogP contribution is 2.26. The van der Waals surface area contributed by atoms with Gasteiger partial charge in [-0.1, -0.05) is 11.6 Å². The lowest BCUT2D eigenvalue weighted by atomic mass is 10.0. The molecule has 2 amide bonds. The van der Waals surface area contributed by atoms with Crippen molar-refractivity contribution in [3.8, 4) is 6.07 Å². The third kappa shape index (κ3) is 5.83. The monoisotopic (exact) mass is 464 g/mol. The molecule has 32 heavy (non-hydrogen) atoms. The zero-order valence-electron chi connectivity index (χ0n) is 16.7. The Morgan fingerprint density at radius 2 is 1.97 bits per heavy atom. The van der Waals surface area contributed by atoms with Gasteiger partial charge in [0.1, 0.15) is 17.2 Å². The minimum atomic E-state index is -5.02. The Morgan fingerprint density at radius 1 is 1.28 bits per heavy atom. The molecular weight excluding hydrogens is 449 g/mol. The summed E-state index contributed by atoms with van der Waals surface area (Å²) in [6, 6.07) is 7.38. The fraction of sp³-hybridized carbons (Fsp3) is 0.150. The fourth-order valence-electron chi connectivity index (χ4n) is 2.50. The van der Waals surface area contributed by atoms with Crippen LogP contribution in [0.4, 0.5) is 24.7 Å². The van der Waals surface area contributed by atoms with Crippen molar-refractivity contribution in [1.29, 1.82) is 10.7 Å². The Hall–Kier alpha value is -3.91. The lowest BCUT2D eigenvalue weighted by Gasteiger charge is -2.17. The number of carbonyl (C=O) groups excluding carboxylic acids is 2. The fourth-order valence-corrected chi connectivity index (χ4v) is 2.67. The van der Waals surface area contributed by atoms with E-state index in [1.807, 2.05) is 6.07 Å². The lowest BCUT2D eigenvalue weighted by molar-refractivity contribution is -0.112. The Labute approximate surface area is 185 Å². The van der Waals surface area contributed by atoms with Crippen molar-refractivity contribution in [1.82, 2.24) is 10.3 Å². The molecule has 12 heteroatoms. The quantitative estimate of drug-likeness (QED) is 0.381. The third-order valence-corrected chi connectivity index (χ3v) is 4.33. The van der Waals surface area contributed by atoms with E-state index in [2.05, 4.69) is 20.9 Å². The number of hydrogen-bond acceptors (Lipinski definition) is 6. The predicted octanol–water partition coefficient (Wildman–Crippen LogP) is 3.79. The first kappa shape index (κ1) is 24.4. The minimum Gasteiger partial charge on any atom is -0.355 e. The molecule has 0 aliphatic heterocycles. The molecule has 1 aromatic carbocycles.